The molecule has 0 fully saturated rings. The van der Waals surface area contributed by atoms with Gasteiger partial charge in [0, 0.05) is 23.1 Å². The van der Waals surface area contributed by atoms with Crippen LogP contribution in [-0.4, -0.2) is 0 Å². The van der Waals surface area contributed by atoms with E-state index in [1.807, 2.05) is 18.2 Å². The van der Waals surface area contributed by atoms with Crippen molar-refractivity contribution in [3.63, 3.8) is 0 Å². The van der Waals surface area contributed by atoms with Crippen LogP contribution in [0.15, 0.2) is 29.8 Å². The monoisotopic (exact) mass is 299 g/mol. The highest BCUT2D eigenvalue weighted by molar-refractivity contribution is 6.31. The summed E-state index contributed by atoms with van der Waals surface area (Å²) in [5, 5.41) is 1.81. The summed E-state index contributed by atoms with van der Waals surface area (Å²) in [6.07, 6.45) is 7.13. The van der Waals surface area contributed by atoms with Crippen LogP contribution in [0.5, 0.6) is 0 Å². The molecule has 2 nitrogen and oxygen atoms in total. The molecule has 2 aliphatic carbocycles. The van der Waals surface area contributed by atoms with Gasteiger partial charge >= 0.3 is 0 Å². The van der Waals surface area contributed by atoms with Crippen molar-refractivity contribution in [1.29, 1.82) is 0 Å². The molecule has 2 aliphatic rings. The fourth-order valence-corrected chi connectivity index (χ4v) is 4.31. The fourth-order valence-electron chi connectivity index (χ4n) is 4.13. The van der Waals surface area contributed by atoms with E-state index < -0.39 is 0 Å². The third-order valence-corrected chi connectivity index (χ3v) is 5.30. The van der Waals surface area contributed by atoms with Crippen LogP contribution in [0.1, 0.15) is 43.4 Å². The minimum absolute atomic E-state index is 0.568. The molecule has 2 atom stereocenters. The van der Waals surface area contributed by atoms with E-state index in [0.717, 1.165) is 40.9 Å². The summed E-state index contributed by atoms with van der Waals surface area (Å²) in [5.74, 6) is 1.24. The number of anilines is 1. The molecule has 1 aromatic heterocycles. The highest BCUT2D eigenvalue weighted by Crippen LogP contribution is 2.46. The number of rotatable bonds is 1. The van der Waals surface area contributed by atoms with Gasteiger partial charge in [-0.2, -0.15) is 0 Å². The lowest BCUT2D eigenvalue weighted by atomic mass is 9.70. The molecule has 0 radical (unpaired) electrons. The predicted octanol–water partition coefficient (Wildman–Crippen LogP) is 4.28. The van der Waals surface area contributed by atoms with E-state index in [0.29, 0.717) is 11.8 Å². The van der Waals surface area contributed by atoms with Crippen molar-refractivity contribution >= 4 is 28.2 Å². The topological polar surface area (TPSA) is 40.2 Å². The number of nitrogens with one attached hydrogen (secondary N) is 1. The first-order valence-electron chi connectivity index (χ1n) is 7.78. The number of nitrogens with two attached hydrogens (primary N) is 1. The average Bonchev–Trinajstić information content (AvgIpc) is 2.47. The number of aromatic amines is 1. The normalized spacial score (nSPS) is 23.8. The minimum atomic E-state index is 0.568. The zero-order valence-electron chi connectivity index (χ0n) is 12.2. The number of pyridine rings is 1. The van der Waals surface area contributed by atoms with E-state index >= 15 is 0 Å². The van der Waals surface area contributed by atoms with Crippen LogP contribution < -0.4 is 10.7 Å². The molecule has 0 aliphatic heterocycles. The molecular formula is C18H20ClN2+. The van der Waals surface area contributed by atoms with Gasteiger partial charge < -0.3 is 5.73 Å². The summed E-state index contributed by atoms with van der Waals surface area (Å²) in [6, 6.07) is 5.94. The lowest BCUT2D eigenvalue weighted by molar-refractivity contribution is -0.360. The Labute approximate surface area is 130 Å². The second kappa shape index (κ2) is 4.74. The maximum Gasteiger partial charge on any atom is 0.213 e. The predicted molar refractivity (Wildman–Crippen MR) is 87.5 cm³/mol. The van der Waals surface area contributed by atoms with Gasteiger partial charge in [-0.1, -0.05) is 30.2 Å². The molecule has 0 unspecified atom stereocenters. The van der Waals surface area contributed by atoms with Crippen LogP contribution in [0.25, 0.3) is 10.9 Å². The second-order valence-electron chi connectivity index (χ2n) is 6.40. The Morgan fingerprint density at radius 2 is 2.19 bits per heavy atom. The van der Waals surface area contributed by atoms with Crippen molar-refractivity contribution < 1.29 is 4.98 Å². The maximum atomic E-state index is 6.53. The highest BCUT2D eigenvalue weighted by atomic mass is 35.5. The molecule has 1 aromatic carbocycles. The molecule has 108 valence electrons. The van der Waals surface area contributed by atoms with E-state index in [4.69, 9.17) is 17.3 Å². The van der Waals surface area contributed by atoms with Crippen molar-refractivity contribution in [1.82, 2.24) is 0 Å². The first-order chi connectivity index (χ1) is 10.2. The third-order valence-electron chi connectivity index (χ3n) is 5.07. The summed E-state index contributed by atoms with van der Waals surface area (Å²) in [5.41, 5.74) is 12.8. The van der Waals surface area contributed by atoms with Crippen molar-refractivity contribution in [3.8, 4) is 0 Å². The fraction of sp³-hybridized carbons (Fsp3) is 0.389. The lowest BCUT2D eigenvalue weighted by Gasteiger charge is -2.33. The molecule has 4 rings (SSSR count). The quantitative estimate of drug-likeness (QED) is 0.785. The number of nitrogen functional groups attached to an aromatic ring is 1. The van der Waals surface area contributed by atoms with Gasteiger partial charge in [-0.15, -0.1) is 0 Å². The Balaban J connectivity index is 1.92. The largest absolute Gasteiger partial charge is 0.398 e. The van der Waals surface area contributed by atoms with Crippen molar-refractivity contribution in [2.24, 2.45) is 5.92 Å². The number of hydrogen-bond donors (Lipinski definition) is 1. The van der Waals surface area contributed by atoms with Crippen LogP contribution in [0.4, 0.5) is 5.69 Å². The number of hydrogen-bond acceptors (Lipinski definition) is 1. The van der Waals surface area contributed by atoms with Gasteiger partial charge in [-0.05, 0) is 43.2 Å². The van der Waals surface area contributed by atoms with Gasteiger partial charge in [0.1, 0.15) is 0 Å². The van der Waals surface area contributed by atoms with Crippen molar-refractivity contribution in [2.45, 2.75) is 38.5 Å². The Bertz CT molecular complexity index is 763. The Hall–Kier alpha value is -1.54. The number of H-pyrrole nitrogens is 1. The van der Waals surface area contributed by atoms with Crippen LogP contribution in [0.2, 0.25) is 5.02 Å². The highest BCUT2D eigenvalue weighted by Gasteiger charge is 2.36. The number of halogens is 1. The Morgan fingerprint density at radius 1 is 1.33 bits per heavy atom. The summed E-state index contributed by atoms with van der Waals surface area (Å²) in [7, 11) is 0. The summed E-state index contributed by atoms with van der Waals surface area (Å²) < 4.78 is 0. The molecule has 0 saturated carbocycles. The van der Waals surface area contributed by atoms with Gasteiger partial charge in [-0.3, -0.25) is 0 Å². The molecule has 21 heavy (non-hydrogen) atoms. The lowest BCUT2D eigenvalue weighted by Crippen LogP contribution is -2.30. The molecular weight excluding hydrogens is 280 g/mol. The number of fused-ring (bicyclic) bond motifs is 5. The molecule has 3 heteroatoms. The number of aromatic nitrogens is 1. The van der Waals surface area contributed by atoms with E-state index in [1.165, 1.54) is 17.7 Å². The number of benzene rings is 1. The van der Waals surface area contributed by atoms with Gasteiger partial charge in [0.2, 0.25) is 5.52 Å². The van der Waals surface area contributed by atoms with Gasteiger partial charge in [0.05, 0.1) is 11.1 Å². The van der Waals surface area contributed by atoms with E-state index in [2.05, 4.69) is 18.0 Å². The maximum absolute atomic E-state index is 6.53. The second-order valence-corrected chi connectivity index (χ2v) is 6.84. The molecule has 2 aromatic rings. The Kier molecular flexibility index (Phi) is 2.97. The Morgan fingerprint density at radius 3 is 3.00 bits per heavy atom. The molecule has 3 N–H and O–H groups in total. The summed E-state index contributed by atoms with van der Waals surface area (Å²) in [6.45, 7) is 2.25. The molecule has 0 amide bonds. The minimum Gasteiger partial charge on any atom is -0.398 e. The van der Waals surface area contributed by atoms with E-state index in [-0.39, 0.29) is 0 Å². The number of allylic oxidation sites excluding steroid dienone is 2. The van der Waals surface area contributed by atoms with Crippen molar-refractivity contribution in [3.05, 3.63) is 46.1 Å². The first kappa shape index (κ1) is 13.1. The average molecular weight is 300 g/mol. The van der Waals surface area contributed by atoms with Crippen LogP contribution in [-0.2, 0) is 6.42 Å². The molecule has 1 heterocycles. The zero-order valence-corrected chi connectivity index (χ0v) is 13.0. The summed E-state index contributed by atoms with van der Waals surface area (Å²) >= 11 is 6.15. The SMILES string of the molecule is CCC1=C[C@H]2Cc3[nH+]c4ccc(Cl)cc4c(N)c3[C@@H](C1)C2. The van der Waals surface area contributed by atoms with Gasteiger partial charge in [-0.25, -0.2) is 4.98 Å². The van der Waals surface area contributed by atoms with E-state index in [1.54, 1.807) is 5.57 Å². The molecule has 0 saturated heterocycles. The standard InChI is InChI=1S/C18H19ClN2/c1-2-10-5-11-7-12(6-10)17-16(8-11)21-15-4-3-13(19)9-14(15)18(17)20/h3-5,9,11-12H,2,6-8H2,1H3,(H2,20,21)/p+1/t11-,12+/m1/s1. The van der Waals surface area contributed by atoms with Crippen molar-refractivity contribution in [2.75, 3.05) is 5.73 Å². The van der Waals surface area contributed by atoms with Crippen LogP contribution >= 0.6 is 11.6 Å². The molecule has 0 spiro atoms. The van der Waals surface area contributed by atoms with Gasteiger partial charge in [0.25, 0.3) is 0 Å². The van der Waals surface area contributed by atoms with E-state index in [9.17, 15) is 0 Å². The van der Waals surface area contributed by atoms with Crippen LogP contribution in [0, 0.1) is 5.92 Å². The first-order valence-corrected chi connectivity index (χ1v) is 8.16. The molecule has 2 bridgehead atoms. The smallest absolute Gasteiger partial charge is 0.213 e. The zero-order chi connectivity index (χ0) is 14.6. The third kappa shape index (κ3) is 2.04. The van der Waals surface area contributed by atoms with Gasteiger partial charge in [0.15, 0.2) is 5.69 Å². The summed E-state index contributed by atoms with van der Waals surface area (Å²) in [4.78, 5) is 3.61. The van der Waals surface area contributed by atoms with Crippen LogP contribution in [0.3, 0.4) is 0 Å².